The fraction of sp³-hybridized carbons (Fsp3) is 0.636. The standard InChI is InChI=1S/C11H16O2.Ti/c12-7-11(13)10-6-5-8-3-1-2-4-9(8)10;/h1-2,4,8,10-13H,3,5-7H2;. The van der Waals surface area contributed by atoms with Crippen LogP contribution in [0.4, 0.5) is 0 Å². The van der Waals surface area contributed by atoms with Crippen LogP contribution < -0.4 is 0 Å². The van der Waals surface area contributed by atoms with Crippen molar-refractivity contribution in [3.05, 3.63) is 23.8 Å². The van der Waals surface area contributed by atoms with E-state index in [2.05, 4.69) is 18.2 Å². The molecule has 0 heterocycles. The molecule has 0 bridgehead atoms. The zero-order valence-corrected chi connectivity index (χ0v) is 9.75. The molecule has 1 saturated carbocycles. The third-order valence-electron chi connectivity index (χ3n) is 3.22. The summed E-state index contributed by atoms with van der Waals surface area (Å²) in [5, 5.41) is 18.5. The number of rotatable bonds is 2. The van der Waals surface area contributed by atoms with E-state index in [1.807, 2.05) is 0 Å². The van der Waals surface area contributed by atoms with E-state index in [1.165, 1.54) is 5.57 Å². The molecule has 76 valence electrons. The van der Waals surface area contributed by atoms with E-state index in [-0.39, 0.29) is 34.2 Å². The van der Waals surface area contributed by atoms with Crippen LogP contribution in [0.2, 0.25) is 0 Å². The molecule has 3 atom stereocenters. The monoisotopic (exact) mass is 228 g/mol. The van der Waals surface area contributed by atoms with Crippen LogP contribution in [0.1, 0.15) is 19.3 Å². The summed E-state index contributed by atoms with van der Waals surface area (Å²) < 4.78 is 0. The van der Waals surface area contributed by atoms with Crippen LogP contribution in [-0.2, 0) is 21.7 Å². The van der Waals surface area contributed by atoms with Crippen molar-refractivity contribution in [2.45, 2.75) is 25.4 Å². The average Bonchev–Trinajstić information content (AvgIpc) is 2.60. The predicted molar refractivity (Wildman–Crippen MR) is 51.1 cm³/mol. The molecule has 0 aromatic rings. The molecule has 0 spiro atoms. The molecule has 2 N–H and O–H groups in total. The Bertz CT molecular complexity index is 248. The number of aliphatic hydroxyl groups is 2. The van der Waals surface area contributed by atoms with Crippen LogP contribution in [-0.4, -0.2) is 22.9 Å². The molecule has 3 unspecified atom stereocenters. The predicted octanol–water partition coefficient (Wildman–Crippen LogP) is 1.25. The van der Waals surface area contributed by atoms with Crippen molar-refractivity contribution in [2.24, 2.45) is 11.8 Å². The molecule has 0 radical (unpaired) electrons. The summed E-state index contributed by atoms with van der Waals surface area (Å²) in [4.78, 5) is 0. The molecule has 14 heavy (non-hydrogen) atoms. The van der Waals surface area contributed by atoms with Crippen LogP contribution >= 0.6 is 0 Å². The van der Waals surface area contributed by atoms with Gasteiger partial charge in [-0.1, -0.05) is 23.8 Å². The molecule has 1 fully saturated rings. The van der Waals surface area contributed by atoms with Gasteiger partial charge in [0.05, 0.1) is 12.7 Å². The molecule has 0 aromatic heterocycles. The SMILES string of the molecule is OCC(O)C1CCC2CC=CC=C21.[Ti]. The maximum Gasteiger partial charge on any atom is 0.0836 e. The van der Waals surface area contributed by atoms with Gasteiger partial charge in [-0.15, -0.1) is 0 Å². The number of allylic oxidation sites excluding steroid dienone is 3. The van der Waals surface area contributed by atoms with Gasteiger partial charge in [-0.05, 0) is 25.2 Å². The molecule has 2 aliphatic carbocycles. The Hall–Kier alpha value is 0.114. The van der Waals surface area contributed by atoms with Gasteiger partial charge >= 0.3 is 0 Å². The number of hydrogen-bond donors (Lipinski definition) is 2. The Kier molecular flexibility index (Phi) is 4.58. The quantitative estimate of drug-likeness (QED) is 0.698. The van der Waals surface area contributed by atoms with E-state index in [0.29, 0.717) is 5.92 Å². The van der Waals surface area contributed by atoms with Crippen molar-refractivity contribution in [2.75, 3.05) is 6.61 Å². The third kappa shape index (κ3) is 2.19. The molecule has 2 aliphatic rings. The maximum absolute atomic E-state index is 9.58. The van der Waals surface area contributed by atoms with Gasteiger partial charge in [0, 0.05) is 27.6 Å². The van der Waals surface area contributed by atoms with Gasteiger partial charge in [0.15, 0.2) is 0 Å². The van der Waals surface area contributed by atoms with Crippen LogP contribution in [0.3, 0.4) is 0 Å². The van der Waals surface area contributed by atoms with E-state index in [9.17, 15) is 5.11 Å². The van der Waals surface area contributed by atoms with Gasteiger partial charge in [-0.2, -0.15) is 0 Å². The summed E-state index contributed by atoms with van der Waals surface area (Å²) >= 11 is 0. The Morgan fingerprint density at radius 3 is 2.93 bits per heavy atom. The first kappa shape index (κ1) is 12.2. The summed E-state index contributed by atoms with van der Waals surface area (Å²) in [6, 6.07) is 0. The summed E-state index contributed by atoms with van der Waals surface area (Å²) in [6.07, 6.45) is 9.11. The molecular formula is C11H16O2Ti. The number of hydrogen-bond acceptors (Lipinski definition) is 2. The van der Waals surface area contributed by atoms with E-state index in [1.54, 1.807) is 0 Å². The molecule has 0 aliphatic heterocycles. The summed E-state index contributed by atoms with van der Waals surface area (Å²) in [6.45, 7) is -0.113. The Labute approximate surface area is 99.6 Å². The molecule has 3 heteroatoms. The Morgan fingerprint density at radius 2 is 2.21 bits per heavy atom. The van der Waals surface area contributed by atoms with Gasteiger partial charge < -0.3 is 10.2 Å². The Balaban J connectivity index is 0.000000980. The minimum Gasteiger partial charge on any atom is -0.394 e. The maximum atomic E-state index is 9.58. The van der Waals surface area contributed by atoms with E-state index >= 15 is 0 Å². The second kappa shape index (κ2) is 5.27. The fourth-order valence-corrected chi connectivity index (χ4v) is 2.49. The Morgan fingerprint density at radius 1 is 1.43 bits per heavy atom. The molecule has 2 rings (SSSR count). The summed E-state index contributed by atoms with van der Waals surface area (Å²) in [7, 11) is 0. The van der Waals surface area contributed by atoms with Crippen molar-refractivity contribution in [1.29, 1.82) is 0 Å². The average molecular weight is 228 g/mol. The van der Waals surface area contributed by atoms with Crippen LogP contribution in [0.15, 0.2) is 23.8 Å². The minimum atomic E-state index is -0.553. The zero-order chi connectivity index (χ0) is 9.26. The normalized spacial score (nSPS) is 31.7. The molecule has 0 amide bonds. The topological polar surface area (TPSA) is 40.5 Å². The van der Waals surface area contributed by atoms with Crippen LogP contribution in [0.5, 0.6) is 0 Å². The molecule has 2 nitrogen and oxygen atoms in total. The second-order valence-corrected chi connectivity index (χ2v) is 3.96. The first-order valence-electron chi connectivity index (χ1n) is 4.98. The molecule has 0 saturated heterocycles. The van der Waals surface area contributed by atoms with Crippen LogP contribution in [0.25, 0.3) is 0 Å². The van der Waals surface area contributed by atoms with Gasteiger partial charge in [-0.3, -0.25) is 0 Å². The first-order valence-corrected chi connectivity index (χ1v) is 4.98. The smallest absolute Gasteiger partial charge is 0.0836 e. The van der Waals surface area contributed by atoms with Crippen molar-refractivity contribution in [3.63, 3.8) is 0 Å². The van der Waals surface area contributed by atoms with Gasteiger partial charge in [0.1, 0.15) is 0 Å². The van der Waals surface area contributed by atoms with Crippen molar-refractivity contribution in [1.82, 2.24) is 0 Å². The molecule has 0 aromatic carbocycles. The van der Waals surface area contributed by atoms with Gasteiger partial charge in [-0.25, -0.2) is 0 Å². The van der Waals surface area contributed by atoms with Gasteiger partial charge in [0.2, 0.25) is 0 Å². The summed E-state index contributed by atoms with van der Waals surface area (Å²) in [5.41, 5.74) is 1.35. The summed E-state index contributed by atoms with van der Waals surface area (Å²) in [5.74, 6) is 0.844. The number of fused-ring (bicyclic) bond motifs is 1. The van der Waals surface area contributed by atoms with E-state index in [0.717, 1.165) is 19.3 Å². The van der Waals surface area contributed by atoms with Crippen molar-refractivity contribution >= 4 is 0 Å². The van der Waals surface area contributed by atoms with E-state index < -0.39 is 6.10 Å². The van der Waals surface area contributed by atoms with Crippen molar-refractivity contribution in [3.8, 4) is 0 Å². The third-order valence-corrected chi connectivity index (χ3v) is 3.22. The fourth-order valence-electron chi connectivity index (χ4n) is 2.49. The van der Waals surface area contributed by atoms with Gasteiger partial charge in [0.25, 0.3) is 0 Å². The van der Waals surface area contributed by atoms with E-state index in [4.69, 9.17) is 5.11 Å². The zero-order valence-electron chi connectivity index (χ0n) is 8.19. The van der Waals surface area contributed by atoms with Crippen molar-refractivity contribution < 1.29 is 31.9 Å². The first-order chi connectivity index (χ1) is 6.33. The molecular weight excluding hydrogens is 212 g/mol. The number of aliphatic hydroxyl groups excluding tert-OH is 2. The minimum absolute atomic E-state index is 0. The largest absolute Gasteiger partial charge is 0.394 e. The van der Waals surface area contributed by atoms with Crippen LogP contribution in [0, 0.1) is 11.8 Å². The second-order valence-electron chi connectivity index (χ2n) is 3.96.